The van der Waals surface area contributed by atoms with Gasteiger partial charge in [-0.05, 0) is 35.9 Å². The van der Waals surface area contributed by atoms with E-state index in [1.165, 1.54) is 0 Å². The van der Waals surface area contributed by atoms with Gasteiger partial charge in [0, 0.05) is 21.5 Å². The van der Waals surface area contributed by atoms with Gasteiger partial charge in [-0.25, -0.2) is 0 Å². The third-order valence-corrected chi connectivity index (χ3v) is 3.68. The molecule has 108 valence electrons. The van der Waals surface area contributed by atoms with Crippen molar-refractivity contribution in [3.63, 3.8) is 0 Å². The van der Waals surface area contributed by atoms with Crippen molar-refractivity contribution in [2.45, 2.75) is 0 Å². The number of aromatic amines is 1. The molecule has 0 aliphatic heterocycles. The van der Waals surface area contributed by atoms with E-state index < -0.39 is 5.56 Å². The number of halogens is 1. The Morgan fingerprint density at radius 1 is 1.23 bits per heavy atom. The lowest BCUT2D eigenvalue weighted by Crippen LogP contribution is -2.12. The molecule has 0 aliphatic rings. The third-order valence-electron chi connectivity index (χ3n) is 3.45. The fraction of sp³-hybridized carbons (Fsp3) is 0.0588. The molecule has 0 atom stereocenters. The van der Waals surface area contributed by atoms with Crippen molar-refractivity contribution < 1.29 is 4.74 Å². The molecule has 0 saturated carbocycles. The topological polar surface area (TPSA) is 65.9 Å². The van der Waals surface area contributed by atoms with Gasteiger partial charge in [-0.15, -0.1) is 0 Å². The molecule has 5 heteroatoms. The minimum absolute atomic E-state index is 0.0584. The fourth-order valence-electron chi connectivity index (χ4n) is 2.45. The van der Waals surface area contributed by atoms with E-state index in [-0.39, 0.29) is 5.56 Å². The summed E-state index contributed by atoms with van der Waals surface area (Å²) >= 11 is 6.05. The number of nitrogens with one attached hydrogen (secondary N) is 1. The zero-order valence-corrected chi connectivity index (χ0v) is 12.4. The SMILES string of the molecule is COc1ccc2[nH]c(=O)c(C#N)c(-c3cccc(Cl)c3)c2c1. The second-order valence-electron chi connectivity index (χ2n) is 4.74. The predicted octanol–water partition coefficient (Wildman–Crippen LogP) is 3.73. The van der Waals surface area contributed by atoms with Crippen LogP contribution in [0.1, 0.15) is 5.56 Å². The van der Waals surface area contributed by atoms with Crippen molar-refractivity contribution >= 4 is 22.5 Å². The summed E-state index contributed by atoms with van der Waals surface area (Å²) in [6, 6.07) is 14.4. The van der Waals surface area contributed by atoms with Crippen LogP contribution in [0.15, 0.2) is 47.3 Å². The zero-order valence-electron chi connectivity index (χ0n) is 11.7. The molecule has 3 rings (SSSR count). The second kappa shape index (κ2) is 5.55. The van der Waals surface area contributed by atoms with E-state index in [1.54, 1.807) is 43.5 Å². The van der Waals surface area contributed by atoms with Gasteiger partial charge in [-0.2, -0.15) is 5.26 Å². The fourth-order valence-corrected chi connectivity index (χ4v) is 2.64. The van der Waals surface area contributed by atoms with Gasteiger partial charge in [0.1, 0.15) is 17.4 Å². The van der Waals surface area contributed by atoms with E-state index in [2.05, 4.69) is 4.98 Å². The molecule has 1 heterocycles. The van der Waals surface area contributed by atoms with Crippen molar-refractivity contribution in [1.82, 2.24) is 4.98 Å². The highest BCUT2D eigenvalue weighted by atomic mass is 35.5. The molecule has 1 N–H and O–H groups in total. The van der Waals surface area contributed by atoms with E-state index in [4.69, 9.17) is 16.3 Å². The molecule has 22 heavy (non-hydrogen) atoms. The lowest BCUT2D eigenvalue weighted by atomic mass is 9.96. The number of ether oxygens (including phenoxy) is 1. The Kier molecular flexibility index (Phi) is 3.58. The maximum atomic E-state index is 12.2. The van der Waals surface area contributed by atoms with E-state index in [9.17, 15) is 10.1 Å². The maximum absolute atomic E-state index is 12.2. The Labute approximate surface area is 131 Å². The molecule has 0 radical (unpaired) electrons. The molecule has 0 fully saturated rings. The first kappa shape index (κ1) is 14.2. The monoisotopic (exact) mass is 310 g/mol. The summed E-state index contributed by atoms with van der Waals surface area (Å²) in [5, 5.41) is 10.7. The van der Waals surface area contributed by atoms with Crippen LogP contribution in [0.2, 0.25) is 5.02 Å². The first-order valence-electron chi connectivity index (χ1n) is 6.54. The third kappa shape index (κ3) is 2.32. The molecule has 3 aromatic rings. The molecule has 0 bridgehead atoms. The summed E-state index contributed by atoms with van der Waals surface area (Å²) in [6.45, 7) is 0. The van der Waals surface area contributed by atoms with Gasteiger partial charge in [0.15, 0.2) is 0 Å². The van der Waals surface area contributed by atoms with Gasteiger partial charge in [0.2, 0.25) is 0 Å². The Hall–Kier alpha value is -2.77. The summed E-state index contributed by atoms with van der Waals surface area (Å²) < 4.78 is 5.24. The quantitative estimate of drug-likeness (QED) is 0.784. The van der Waals surface area contributed by atoms with Crippen molar-refractivity contribution in [2.75, 3.05) is 7.11 Å². The minimum Gasteiger partial charge on any atom is -0.497 e. The number of rotatable bonds is 2. The van der Waals surface area contributed by atoms with Crippen molar-refractivity contribution in [3.05, 3.63) is 63.4 Å². The molecule has 0 saturated heterocycles. The van der Waals surface area contributed by atoms with Crippen LogP contribution in [0.3, 0.4) is 0 Å². The van der Waals surface area contributed by atoms with E-state index in [0.717, 1.165) is 5.39 Å². The lowest BCUT2D eigenvalue weighted by molar-refractivity contribution is 0.415. The highest BCUT2D eigenvalue weighted by molar-refractivity contribution is 6.31. The first-order valence-corrected chi connectivity index (χ1v) is 6.92. The Morgan fingerprint density at radius 2 is 2.05 bits per heavy atom. The van der Waals surface area contributed by atoms with Gasteiger partial charge in [-0.1, -0.05) is 23.7 Å². The van der Waals surface area contributed by atoms with Gasteiger partial charge in [0.05, 0.1) is 7.11 Å². The molecule has 0 aliphatic carbocycles. The summed E-state index contributed by atoms with van der Waals surface area (Å²) in [5.74, 6) is 0.645. The Morgan fingerprint density at radius 3 is 2.73 bits per heavy atom. The van der Waals surface area contributed by atoms with Crippen LogP contribution in [0.25, 0.3) is 22.0 Å². The maximum Gasteiger partial charge on any atom is 0.266 e. The first-order chi connectivity index (χ1) is 10.6. The Balaban J connectivity index is 2.48. The van der Waals surface area contributed by atoms with E-state index in [1.807, 2.05) is 12.1 Å². The van der Waals surface area contributed by atoms with Gasteiger partial charge >= 0.3 is 0 Å². The van der Waals surface area contributed by atoms with Crippen LogP contribution in [-0.2, 0) is 0 Å². The number of H-pyrrole nitrogens is 1. The van der Waals surface area contributed by atoms with Gasteiger partial charge in [-0.3, -0.25) is 4.79 Å². The summed E-state index contributed by atoms with van der Waals surface area (Å²) in [4.78, 5) is 14.9. The smallest absolute Gasteiger partial charge is 0.266 e. The molecule has 4 nitrogen and oxygen atoms in total. The van der Waals surface area contributed by atoms with Gasteiger partial charge in [0.25, 0.3) is 5.56 Å². The number of methoxy groups -OCH3 is 1. The second-order valence-corrected chi connectivity index (χ2v) is 5.17. The van der Waals surface area contributed by atoms with Crippen LogP contribution < -0.4 is 10.3 Å². The molecule has 2 aromatic carbocycles. The standard InChI is InChI=1S/C17H11ClN2O2/c1-22-12-5-6-15-13(8-12)16(14(9-19)17(21)20-15)10-3-2-4-11(18)7-10/h2-8H,1H3,(H,20,21). The minimum atomic E-state index is -0.421. The Bertz CT molecular complexity index is 971. The molecule has 1 aromatic heterocycles. The molecule has 0 amide bonds. The lowest BCUT2D eigenvalue weighted by Gasteiger charge is -2.10. The highest BCUT2D eigenvalue weighted by Crippen LogP contribution is 2.32. The van der Waals surface area contributed by atoms with Crippen LogP contribution >= 0.6 is 11.6 Å². The molecule has 0 unspecified atom stereocenters. The van der Waals surface area contributed by atoms with Crippen LogP contribution in [0, 0.1) is 11.3 Å². The van der Waals surface area contributed by atoms with Crippen molar-refractivity contribution in [2.24, 2.45) is 0 Å². The van der Waals surface area contributed by atoms with Crippen molar-refractivity contribution in [3.8, 4) is 22.9 Å². The van der Waals surface area contributed by atoms with E-state index in [0.29, 0.717) is 27.4 Å². The summed E-state index contributed by atoms with van der Waals surface area (Å²) in [7, 11) is 1.57. The number of fused-ring (bicyclic) bond motifs is 1. The number of aromatic nitrogens is 1. The van der Waals surface area contributed by atoms with Crippen LogP contribution in [0.4, 0.5) is 0 Å². The zero-order chi connectivity index (χ0) is 15.7. The largest absolute Gasteiger partial charge is 0.497 e. The molecular weight excluding hydrogens is 300 g/mol. The number of hydrogen-bond donors (Lipinski definition) is 1. The predicted molar refractivity (Wildman–Crippen MR) is 86.3 cm³/mol. The summed E-state index contributed by atoms with van der Waals surface area (Å²) in [5.41, 5.74) is 1.55. The number of benzene rings is 2. The van der Waals surface area contributed by atoms with Crippen molar-refractivity contribution in [1.29, 1.82) is 5.26 Å². The highest BCUT2D eigenvalue weighted by Gasteiger charge is 2.15. The number of hydrogen-bond acceptors (Lipinski definition) is 3. The average molecular weight is 311 g/mol. The van der Waals surface area contributed by atoms with E-state index >= 15 is 0 Å². The summed E-state index contributed by atoms with van der Waals surface area (Å²) in [6.07, 6.45) is 0. The number of nitriles is 1. The average Bonchev–Trinajstić information content (AvgIpc) is 2.53. The van der Waals surface area contributed by atoms with Gasteiger partial charge < -0.3 is 9.72 Å². The number of nitrogens with zero attached hydrogens (tertiary/aromatic N) is 1. The molecular formula is C17H11ClN2O2. The van der Waals surface area contributed by atoms with Crippen LogP contribution in [-0.4, -0.2) is 12.1 Å². The van der Waals surface area contributed by atoms with Crippen LogP contribution in [0.5, 0.6) is 5.75 Å². The number of pyridine rings is 1. The molecule has 0 spiro atoms. The normalized spacial score (nSPS) is 10.4.